The monoisotopic (exact) mass is 464 g/mol. The second-order valence-electron chi connectivity index (χ2n) is 9.41. The number of hydrogen-bond donors (Lipinski definition) is 2. The molecule has 1 unspecified atom stereocenters. The van der Waals surface area contributed by atoms with Gasteiger partial charge in [0.25, 0.3) is 0 Å². The smallest absolute Gasteiger partial charge is 0.408 e. The zero-order chi connectivity index (χ0) is 24.3. The van der Waals surface area contributed by atoms with Crippen LogP contribution in [-0.2, 0) is 14.3 Å². The number of amides is 2. The van der Waals surface area contributed by atoms with E-state index in [1.165, 1.54) is 0 Å². The lowest BCUT2D eigenvalue weighted by Gasteiger charge is -2.35. The van der Waals surface area contributed by atoms with Crippen molar-refractivity contribution in [3.8, 4) is 11.1 Å². The highest BCUT2D eigenvalue weighted by molar-refractivity contribution is 5.90. The first kappa shape index (κ1) is 23.8. The average molecular weight is 465 g/mol. The number of carboxylic acids is 1. The number of carboxylic acid groups (broad SMARTS) is 1. The SMILES string of the molecule is CCCC(C)(NC(=O)OCC1c2ccccc2-c2ccccc21)C(=O)N(CCC(=O)O)C1CC1. The number of ether oxygens (including phenoxy) is 1. The molecule has 7 nitrogen and oxygen atoms in total. The highest BCUT2D eigenvalue weighted by Crippen LogP contribution is 2.44. The number of nitrogens with one attached hydrogen (secondary N) is 1. The summed E-state index contributed by atoms with van der Waals surface area (Å²) in [5.41, 5.74) is 3.39. The zero-order valence-electron chi connectivity index (χ0n) is 19.8. The van der Waals surface area contributed by atoms with E-state index in [1.54, 1.807) is 11.8 Å². The van der Waals surface area contributed by atoms with E-state index in [9.17, 15) is 14.4 Å². The van der Waals surface area contributed by atoms with Gasteiger partial charge in [-0.25, -0.2) is 4.79 Å². The maximum Gasteiger partial charge on any atom is 0.408 e. The van der Waals surface area contributed by atoms with Crippen LogP contribution in [0.3, 0.4) is 0 Å². The van der Waals surface area contributed by atoms with Crippen molar-refractivity contribution in [1.29, 1.82) is 0 Å². The van der Waals surface area contributed by atoms with Crippen molar-refractivity contribution in [2.24, 2.45) is 0 Å². The van der Waals surface area contributed by atoms with Gasteiger partial charge in [0.1, 0.15) is 12.1 Å². The molecule has 7 heteroatoms. The van der Waals surface area contributed by atoms with Gasteiger partial charge in [-0.1, -0.05) is 61.9 Å². The molecule has 34 heavy (non-hydrogen) atoms. The van der Waals surface area contributed by atoms with Gasteiger partial charge in [-0.3, -0.25) is 9.59 Å². The first-order chi connectivity index (χ1) is 16.3. The summed E-state index contributed by atoms with van der Waals surface area (Å²) in [6.07, 6.45) is 2.09. The van der Waals surface area contributed by atoms with E-state index >= 15 is 0 Å². The van der Waals surface area contributed by atoms with Crippen LogP contribution in [0.25, 0.3) is 11.1 Å². The summed E-state index contributed by atoms with van der Waals surface area (Å²) in [6, 6.07) is 16.3. The van der Waals surface area contributed by atoms with Crippen molar-refractivity contribution >= 4 is 18.0 Å². The van der Waals surface area contributed by atoms with Crippen LogP contribution in [0.2, 0.25) is 0 Å². The Morgan fingerprint density at radius 1 is 1.06 bits per heavy atom. The predicted molar refractivity (Wildman–Crippen MR) is 129 cm³/mol. The van der Waals surface area contributed by atoms with E-state index in [0.29, 0.717) is 12.8 Å². The number of rotatable bonds is 10. The fourth-order valence-electron chi connectivity index (χ4n) is 4.95. The Morgan fingerprint density at radius 3 is 2.18 bits per heavy atom. The third kappa shape index (κ3) is 4.93. The molecule has 0 heterocycles. The maximum atomic E-state index is 13.4. The predicted octanol–water partition coefficient (Wildman–Crippen LogP) is 4.55. The second-order valence-corrected chi connectivity index (χ2v) is 9.41. The largest absolute Gasteiger partial charge is 0.481 e. The van der Waals surface area contributed by atoms with Crippen LogP contribution in [0, 0.1) is 0 Å². The summed E-state index contributed by atoms with van der Waals surface area (Å²) in [7, 11) is 0. The lowest BCUT2D eigenvalue weighted by molar-refractivity contribution is -0.141. The number of nitrogens with zero attached hydrogens (tertiary/aromatic N) is 1. The highest BCUT2D eigenvalue weighted by Gasteiger charge is 2.43. The van der Waals surface area contributed by atoms with E-state index in [0.717, 1.165) is 35.1 Å². The number of alkyl carbamates (subject to hydrolysis) is 1. The van der Waals surface area contributed by atoms with Gasteiger partial charge in [0, 0.05) is 18.5 Å². The van der Waals surface area contributed by atoms with Crippen molar-refractivity contribution in [2.75, 3.05) is 13.2 Å². The number of fused-ring (bicyclic) bond motifs is 3. The van der Waals surface area contributed by atoms with Gasteiger partial charge >= 0.3 is 12.1 Å². The third-order valence-corrected chi connectivity index (χ3v) is 6.76. The Bertz CT molecular complexity index is 1030. The number of aliphatic carboxylic acids is 1. The lowest BCUT2D eigenvalue weighted by Crippen LogP contribution is -2.58. The van der Waals surface area contributed by atoms with Crippen LogP contribution in [0.1, 0.15) is 63.0 Å². The van der Waals surface area contributed by atoms with Crippen LogP contribution in [0.4, 0.5) is 4.79 Å². The quantitative estimate of drug-likeness (QED) is 0.538. The van der Waals surface area contributed by atoms with Crippen molar-refractivity contribution in [3.63, 3.8) is 0 Å². The van der Waals surface area contributed by atoms with E-state index in [4.69, 9.17) is 9.84 Å². The van der Waals surface area contributed by atoms with Gasteiger partial charge < -0.3 is 20.1 Å². The Labute approximate surface area is 200 Å². The van der Waals surface area contributed by atoms with Crippen LogP contribution in [-0.4, -0.2) is 52.7 Å². The molecule has 2 amide bonds. The minimum atomic E-state index is -1.15. The lowest BCUT2D eigenvalue weighted by atomic mass is 9.94. The van der Waals surface area contributed by atoms with Crippen molar-refractivity contribution in [1.82, 2.24) is 10.2 Å². The number of carbonyl (C=O) groups is 3. The van der Waals surface area contributed by atoms with Crippen molar-refractivity contribution in [2.45, 2.75) is 63.5 Å². The number of benzene rings is 2. The standard InChI is InChI=1S/C27H32N2O5/c1-3-15-27(2,25(32)29(18-12-13-18)16-14-24(30)31)28-26(33)34-17-23-21-10-6-4-8-19(21)20-9-5-7-11-22(20)23/h4-11,18,23H,3,12-17H2,1-2H3,(H,28,33)(H,30,31). The highest BCUT2D eigenvalue weighted by atomic mass is 16.5. The van der Waals surface area contributed by atoms with Gasteiger partial charge in [0.05, 0.1) is 6.42 Å². The molecule has 2 aliphatic carbocycles. The molecule has 2 aromatic carbocycles. The van der Waals surface area contributed by atoms with E-state index < -0.39 is 17.6 Å². The molecule has 1 fully saturated rings. The van der Waals surface area contributed by atoms with E-state index in [2.05, 4.69) is 29.6 Å². The first-order valence-corrected chi connectivity index (χ1v) is 12.0. The van der Waals surface area contributed by atoms with Gasteiger partial charge in [-0.05, 0) is 48.4 Å². The van der Waals surface area contributed by atoms with Crippen molar-refractivity contribution in [3.05, 3.63) is 59.7 Å². The molecule has 0 radical (unpaired) electrons. The molecule has 0 saturated heterocycles. The molecule has 2 N–H and O–H groups in total. The fraction of sp³-hybridized carbons (Fsp3) is 0.444. The van der Waals surface area contributed by atoms with Crippen molar-refractivity contribution < 1.29 is 24.2 Å². The molecule has 180 valence electrons. The topological polar surface area (TPSA) is 95.9 Å². The van der Waals surface area contributed by atoms with Crippen LogP contribution in [0.15, 0.2) is 48.5 Å². The first-order valence-electron chi connectivity index (χ1n) is 12.0. The summed E-state index contributed by atoms with van der Waals surface area (Å²) in [5.74, 6) is -1.25. The van der Waals surface area contributed by atoms with E-state index in [-0.39, 0.29) is 37.4 Å². The van der Waals surface area contributed by atoms with Gasteiger partial charge in [-0.15, -0.1) is 0 Å². The molecule has 0 aliphatic heterocycles. The average Bonchev–Trinajstić information content (AvgIpc) is 3.60. The van der Waals surface area contributed by atoms with Crippen LogP contribution < -0.4 is 5.32 Å². The normalized spacial score (nSPS) is 16.2. The molecule has 0 bridgehead atoms. The molecular weight excluding hydrogens is 432 g/mol. The zero-order valence-corrected chi connectivity index (χ0v) is 19.8. The number of carbonyl (C=O) groups excluding carboxylic acids is 2. The summed E-state index contributed by atoms with van der Waals surface area (Å²) >= 11 is 0. The van der Waals surface area contributed by atoms with Crippen LogP contribution >= 0.6 is 0 Å². The summed E-state index contributed by atoms with van der Waals surface area (Å²) < 4.78 is 5.67. The Balaban J connectivity index is 1.45. The summed E-state index contributed by atoms with van der Waals surface area (Å²) in [4.78, 5) is 39.0. The van der Waals surface area contributed by atoms with Crippen LogP contribution in [0.5, 0.6) is 0 Å². The molecule has 0 spiro atoms. The van der Waals surface area contributed by atoms with E-state index in [1.807, 2.05) is 31.2 Å². The Kier molecular flexibility index (Phi) is 6.91. The minimum Gasteiger partial charge on any atom is -0.481 e. The van der Waals surface area contributed by atoms with Gasteiger partial charge in [-0.2, -0.15) is 0 Å². The Hall–Kier alpha value is -3.35. The Morgan fingerprint density at radius 2 is 1.65 bits per heavy atom. The third-order valence-electron chi connectivity index (χ3n) is 6.76. The second kappa shape index (κ2) is 9.87. The molecule has 4 rings (SSSR count). The van der Waals surface area contributed by atoms with Gasteiger partial charge in [0.2, 0.25) is 5.91 Å². The van der Waals surface area contributed by atoms with Gasteiger partial charge in [0.15, 0.2) is 0 Å². The fourth-order valence-corrected chi connectivity index (χ4v) is 4.95. The molecular formula is C27H32N2O5. The molecule has 1 atom stereocenters. The number of hydrogen-bond acceptors (Lipinski definition) is 4. The molecule has 2 aromatic rings. The summed E-state index contributed by atoms with van der Waals surface area (Å²) in [6.45, 7) is 3.96. The molecule has 0 aromatic heterocycles. The minimum absolute atomic E-state index is 0.0485. The maximum absolute atomic E-state index is 13.4. The molecule has 2 aliphatic rings. The summed E-state index contributed by atoms with van der Waals surface area (Å²) in [5, 5.41) is 11.9. The molecule has 1 saturated carbocycles.